The van der Waals surface area contributed by atoms with Gasteiger partial charge in [-0.1, -0.05) is 386 Å². The summed E-state index contributed by atoms with van der Waals surface area (Å²) in [5, 5.41) is 88.0. The van der Waals surface area contributed by atoms with Crippen molar-refractivity contribution in [2.24, 2.45) is 0 Å². The molecule has 2 heterocycles. The van der Waals surface area contributed by atoms with Crippen molar-refractivity contribution in [1.29, 1.82) is 0 Å². The van der Waals surface area contributed by atoms with E-state index in [1.165, 1.54) is 225 Å². The zero-order chi connectivity index (χ0) is 75.8. The minimum absolute atomic E-state index is 0.209. The lowest BCUT2D eigenvalue weighted by atomic mass is 9.97. The highest BCUT2D eigenvalue weighted by molar-refractivity contribution is 5.76. The molecule has 14 heteroatoms. The van der Waals surface area contributed by atoms with Crippen LogP contribution in [0, 0.1) is 0 Å². The first-order chi connectivity index (χ1) is 51.6. The van der Waals surface area contributed by atoms with Crippen LogP contribution in [-0.2, 0) is 23.7 Å². The van der Waals surface area contributed by atoms with Gasteiger partial charge in [0.25, 0.3) is 0 Å². The summed E-state index contributed by atoms with van der Waals surface area (Å²) in [6.45, 7) is 2.79. The molecule has 0 aliphatic carbocycles. The number of aliphatic hydroxyl groups excluding tert-OH is 8. The Bertz CT molecular complexity index is 2190. The second kappa shape index (κ2) is 73.5. The van der Waals surface area contributed by atoms with E-state index in [1.807, 2.05) is 0 Å². The number of hydrogen-bond acceptors (Lipinski definition) is 13. The Morgan fingerprint density at radius 3 is 1.01 bits per heavy atom. The van der Waals surface area contributed by atoms with Gasteiger partial charge in [0.15, 0.2) is 12.6 Å². The van der Waals surface area contributed by atoms with Crippen molar-refractivity contribution in [3.8, 4) is 0 Å². The number of carbonyl (C=O) groups is 1. The minimum Gasteiger partial charge on any atom is -0.394 e. The highest BCUT2D eigenvalue weighted by Gasteiger charge is 2.51. The van der Waals surface area contributed by atoms with Gasteiger partial charge in [0, 0.05) is 6.42 Å². The lowest BCUT2D eigenvalue weighted by Gasteiger charge is -2.46. The van der Waals surface area contributed by atoms with Crippen LogP contribution in [0.3, 0.4) is 0 Å². The first-order valence-electron chi connectivity index (χ1n) is 43.6. The van der Waals surface area contributed by atoms with Gasteiger partial charge in [0.1, 0.15) is 48.8 Å². The molecular weight excluding hydrogens is 1310 g/mol. The number of allylic oxidation sites excluding steroid dienone is 18. The Balaban J connectivity index is 1.59. The molecule has 0 aromatic heterocycles. The molecule has 0 aromatic rings. The van der Waals surface area contributed by atoms with Crippen LogP contribution in [0.2, 0.25) is 0 Å². The van der Waals surface area contributed by atoms with E-state index in [4.69, 9.17) is 18.9 Å². The van der Waals surface area contributed by atoms with Gasteiger partial charge >= 0.3 is 0 Å². The predicted molar refractivity (Wildman–Crippen MR) is 438 cm³/mol. The molecular formula is C91H161NO13. The zero-order valence-electron chi connectivity index (χ0n) is 67.0. The van der Waals surface area contributed by atoms with Crippen molar-refractivity contribution in [2.75, 3.05) is 19.8 Å². The Morgan fingerprint density at radius 2 is 0.657 bits per heavy atom. The van der Waals surface area contributed by atoms with Gasteiger partial charge in [0.2, 0.25) is 5.91 Å². The second-order valence-electron chi connectivity index (χ2n) is 30.3. The Hall–Kier alpha value is -3.35. The third-order valence-corrected chi connectivity index (χ3v) is 20.8. The quantitative estimate of drug-likeness (QED) is 0.0204. The normalized spacial score (nSPS) is 21.9. The van der Waals surface area contributed by atoms with Crippen LogP contribution >= 0.6 is 0 Å². The maximum atomic E-state index is 13.4. The summed E-state index contributed by atoms with van der Waals surface area (Å²) < 4.78 is 23.0. The van der Waals surface area contributed by atoms with Crippen molar-refractivity contribution in [2.45, 2.75) is 441 Å². The van der Waals surface area contributed by atoms with E-state index in [1.54, 1.807) is 0 Å². The first kappa shape index (κ1) is 97.7. The van der Waals surface area contributed by atoms with E-state index in [0.717, 1.165) is 109 Å². The van der Waals surface area contributed by atoms with Gasteiger partial charge in [-0.05, 0) is 83.5 Å². The monoisotopic (exact) mass is 1480 g/mol. The van der Waals surface area contributed by atoms with Crippen LogP contribution in [-0.4, -0.2) is 140 Å². The Morgan fingerprint density at radius 1 is 0.352 bits per heavy atom. The smallest absolute Gasteiger partial charge is 0.220 e. The summed E-state index contributed by atoms with van der Waals surface area (Å²) in [6.07, 6.45) is 89.9. The zero-order valence-corrected chi connectivity index (χ0v) is 67.0. The molecule has 2 fully saturated rings. The molecule has 2 rings (SSSR count). The first-order valence-corrected chi connectivity index (χ1v) is 43.6. The number of amides is 1. The molecule has 2 saturated heterocycles. The summed E-state index contributed by atoms with van der Waals surface area (Å²) in [7, 11) is 0. The van der Waals surface area contributed by atoms with Crippen molar-refractivity contribution in [3.63, 3.8) is 0 Å². The van der Waals surface area contributed by atoms with Crippen LogP contribution in [0.1, 0.15) is 367 Å². The topological polar surface area (TPSA) is 228 Å². The summed E-state index contributed by atoms with van der Waals surface area (Å²) in [4.78, 5) is 13.4. The van der Waals surface area contributed by atoms with Gasteiger partial charge in [0.05, 0.1) is 32.0 Å². The Labute approximate surface area is 642 Å². The van der Waals surface area contributed by atoms with E-state index in [9.17, 15) is 45.6 Å². The third kappa shape index (κ3) is 55.7. The fourth-order valence-electron chi connectivity index (χ4n) is 13.9. The summed E-state index contributed by atoms with van der Waals surface area (Å²) in [5.41, 5.74) is 0. The molecule has 9 N–H and O–H groups in total. The number of hydrogen-bond donors (Lipinski definition) is 9. The number of rotatable bonds is 73. The van der Waals surface area contributed by atoms with Gasteiger partial charge in [-0.3, -0.25) is 4.79 Å². The van der Waals surface area contributed by atoms with E-state index < -0.39 is 86.8 Å². The maximum absolute atomic E-state index is 13.4. The third-order valence-electron chi connectivity index (χ3n) is 20.8. The number of ether oxygens (including phenoxy) is 4. The van der Waals surface area contributed by atoms with Crippen LogP contribution in [0.5, 0.6) is 0 Å². The van der Waals surface area contributed by atoms with Crippen molar-refractivity contribution in [3.05, 3.63) is 109 Å². The predicted octanol–water partition coefficient (Wildman–Crippen LogP) is 21.0. The van der Waals surface area contributed by atoms with Crippen LogP contribution in [0.25, 0.3) is 0 Å². The van der Waals surface area contributed by atoms with Crippen LogP contribution in [0.4, 0.5) is 0 Å². The number of carbonyl (C=O) groups excluding carboxylic acids is 1. The van der Waals surface area contributed by atoms with E-state index in [0.29, 0.717) is 19.3 Å². The summed E-state index contributed by atoms with van der Waals surface area (Å²) in [6, 6.07) is -0.840. The number of nitrogens with one attached hydrogen (secondary N) is 1. The molecule has 0 spiro atoms. The highest BCUT2D eigenvalue weighted by atomic mass is 16.7. The van der Waals surface area contributed by atoms with Crippen molar-refractivity contribution >= 4 is 5.91 Å². The summed E-state index contributed by atoms with van der Waals surface area (Å²) in [5.74, 6) is -0.209. The van der Waals surface area contributed by atoms with E-state index in [-0.39, 0.29) is 12.5 Å². The number of aliphatic hydroxyl groups is 8. The van der Waals surface area contributed by atoms with Crippen LogP contribution in [0.15, 0.2) is 109 Å². The molecule has 105 heavy (non-hydrogen) atoms. The molecule has 2 aliphatic heterocycles. The molecule has 608 valence electrons. The van der Waals surface area contributed by atoms with Crippen LogP contribution < -0.4 is 5.32 Å². The standard InChI is InChI=1S/C91H161NO13/c1-3-5-7-9-11-13-15-17-19-21-23-25-27-29-31-33-35-37-38-39-40-41-42-43-45-47-49-51-53-55-57-59-61-63-65-67-69-71-73-75-83(96)92-79(78-102-90-88(101)86(99)89(82(77-94)104-90)105-91-87(100)85(98)84(97)81(76-93)103-91)80(95)74-72-70-68-66-64-62-60-58-56-54-52-50-48-46-44-36-34-32-30-28-26-24-22-20-18-16-14-12-10-8-6-4-2/h5,7,11,13,17,19,23,25,29,31,35,37,39-40,42-43,47,49,79-82,84-91,93-95,97-101H,3-4,6,8-10,12,14-16,18,20-22,24,26-28,30,32-34,36,38,41,44-46,48,50-78H2,1-2H3,(H,92,96)/b7-5-,13-11-,19-17-,25-23-,31-29-,37-35-,40-39-,43-42-,49-47-. The average molecular weight is 1480 g/mol. The van der Waals surface area contributed by atoms with Gasteiger partial charge in [-0.2, -0.15) is 0 Å². The van der Waals surface area contributed by atoms with Gasteiger partial charge in [-0.25, -0.2) is 0 Å². The molecule has 0 radical (unpaired) electrons. The SMILES string of the molecule is CC/C=C\C/C=C\C/C=C\C/C=C\C/C=C\C/C=C\C/C=C\C/C=C\C/C=C\CCCCCCCCCCCCCC(=O)NC(COC1OC(CO)C(OC2OC(CO)C(O)C(O)C2O)C(O)C1O)C(O)CCCCCCCCCCCCCCCCCCCCCCCCCCCCCCCCCC. The van der Waals surface area contributed by atoms with Crippen molar-refractivity contribution in [1.82, 2.24) is 5.32 Å². The molecule has 12 atom stereocenters. The summed E-state index contributed by atoms with van der Waals surface area (Å²) >= 11 is 0. The molecule has 14 nitrogen and oxygen atoms in total. The lowest BCUT2D eigenvalue weighted by molar-refractivity contribution is -0.359. The second-order valence-corrected chi connectivity index (χ2v) is 30.3. The largest absolute Gasteiger partial charge is 0.394 e. The highest BCUT2D eigenvalue weighted by Crippen LogP contribution is 2.31. The lowest BCUT2D eigenvalue weighted by Crippen LogP contribution is -2.65. The van der Waals surface area contributed by atoms with E-state index in [2.05, 4.69) is 129 Å². The average Bonchev–Trinajstić information content (AvgIpc) is 0.789. The van der Waals surface area contributed by atoms with Crippen molar-refractivity contribution < 1.29 is 64.6 Å². The fraction of sp³-hybridized carbons (Fsp3) is 0.791. The van der Waals surface area contributed by atoms with E-state index >= 15 is 0 Å². The fourth-order valence-corrected chi connectivity index (χ4v) is 13.9. The maximum Gasteiger partial charge on any atom is 0.220 e. The molecule has 12 unspecified atom stereocenters. The van der Waals surface area contributed by atoms with Gasteiger partial charge < -0.3 is 65.1 Å². The Kier molecular flexibility index (Phi) is 68.4. The number of unbranched alkanes of at least 4 members (excludes halogenated alkanes) is 42. The molecule has 1 amide bonds. The molecule has 2 aliphatic rings. The van der Waals surface area contributed by atoms with Gasteiger partial charge in [-0.15, -0.1) is 0 Å². The molecule has 0 saturated carbocycles. The molecule has 0 aromatic carbocycles. The molecule has 0 bridgehead atoms. The minimum atomic E-state index is -1.79.